The van der Waals surface area contributed by atoms with Gasteiger partial charge in [-0.3, -0.25) is 4.79 Å². The van der Waals surface area contributed by atoms with Crippen molar-refractivity contribution >= 4 is 17.7 Å². The number of carbonyl (C=O) groups is 1. The minimum absolute atomic E-state index is 0.105. The fourth-order valence-corrected chi connectivity index (χ4v) is 2.71. The molecule has 21 heavy (non-hydrogen) atoms. The van der Waals surface area contributed by atoms with Crippen molar-refractivity contribution in [3.8, 4) is 0 Å². The standard InChI is InChI=1S/C16H19NO3S/c1-12(21-11-13-6-3-2-4-7-13)16(19)17-14(10-18)15-8-5-9-20-15/h2-9,12,14,18H,10-11H2,1H3,(H,17,19). The van der Waals surface area contributed by atoms with E-state index in [1.807, 2.05) is 37.3 Å². The maximum Gasteiger partial charge on any atom is 0.233 e. The highest BCUT2D eigenvalue weighted by atomic mass is 32.2. The molecule has 2 unspecified atom stereocenters. The van der Waals surface area contributed by atoms with Crippen molar-refractivity contribution in [2.45, 2.75) is 24.0 Å². The molecule has 0 bridgehead atoms. The van der Waals surface area contributed by atoms with Gasteiger partial charge in [-0.25, -0.2) is 0 Å². The maximum absolute atomic E-state index is 12.1. The summed E-state index contributed by atoms with van der Waals surface area (Å²) in [5.41, 5.74) is 1.19. The second kappa shape index (κ2) is 7.90. The predicted molar refractivity (Wildman–Crippen MR) is 83.9 cm³/mol. The third kappa shape index (κ3) is 4.65. The van der Waals surface area contributed by atoms with Crippen LogP contribution in [0.1, 0.15) is 24.3 Å². The van der Waals surface area contributed by atoms with Gasteiger partial charge in [0.2, 0.25) is 5.91 Å². The molecule has 0 saturated heterocycles. The smallest absolute Gasteiger partial charge is 0.233 e. The van der Waals surface area contributed by atoms with E-state index in [0.29, 0.717) is 5.76 Å². The molecule has 2 aromatic rings. The Kier molecular flexibility index (Phi) is 5.90. The lowest BCUT2D eigenvalue weighted by Crippen LogP contribution is -2.35. The van der Waals surface area contributed by atoms with E-state index < -0.39 is 6.04 Å². The van der Waals surface area contributed by atoms with Crippen molar-refractivity contribution < 1.29 is 14.3 Å². The lowest BCUT2D eigenvalue weighted by molar-refractivity contribution is -0.121. The number of nitrogens with one attached hydrogen (secondary N) is 1. The van der Waals surface area contributed by atoms with Gasteiger partial charge in [0.05, 0.1) is 18.1 Å². The molecule has 0 fully saturated rings. The number of aliphatic hydroxyl groups excluding tert-OH is 1. The molecule has 2 atom stereocenters. The summed E-state index contributed by atoms with van der Waals surface area (Å²) in [4.78, 5) is 12.1. The number of hydrogen-bond acceptors (Lipinski definition) is 4. The monoisotopic (exact) mass is 305 g/mol. The number of carbonyl (C=O) groups excluding carboxylic acids is 1. The van der Waals surface area contributed by atoms with Crippen LogP contribution in [0.4, 0.5) is 0 Å². The van der Waals surface area contributed by atoms with Gasteiger partial charge in [-0.15, -0.1) is 11.8 Å². The fourth-order valence-electron chi connectivity index (χ4n) is 1.86. The first kappa shape index (κ1) is 15.7. The van der Waals surface area contributed by atoms with Crippen LogP contribution in [0.25, 0.3) is 0 Å². The molecule has 4 nitrogen and oxygen atoms in total. The molecule has 2 N–H and O–H groups in total. The number of amides is 1. The third-order valence-corrected chi connectivity index (χ3v) is 4.31. The van der Waals surface area contributed by atoms with Gasteiger partial charge in [0.15, 0.2) is 0 Å². The first-order valence-electron chi connectivity index (χ1n) is 6.81. The molecule has 2 rings (SSSR count). The van der Waals surface area contributed by atoms with Gasteiger partial charge in [-0.1, -0.05) is 30.3 Å². The molecule has 0 aliphatic carbocycles. The van der Waals surface area contributed by atoms with E-state index in [-0.39, 0.29) is 17.8 Å². The van der Waals surface area contributed by atoms with Crippen molar-refractivity contribution in [1.29, 1.82) is 0 Å². The molecule has 1 heterocycles. The van der Waals surface area contributed by atoms with Gasteiger partial charge < -0.3 is 14.8 Å². The molecule has 0 radical (unpaired) electrons. The normalized spacial score (nSPS) is 13.6. The average Bonchev–Trinajstić information content (AvgIpc) is 3.05. The molecule has 0 spiro atoms. The summed E-state index contributed by atoms with van der Waals surface area (Å²) in [6, 6.07) is 13.0. The number of furan rings is 1. The average molecular weight is 305 g/mol. The number of rotatable bonds is 7. The molecular weight excluding hydrogens is 286 g/mol. The topological polar surface area (TPSA) is 62.5 Å². The lowest BCUT2D eigenvalue weighted by atomic mass is 10.2. The number of benzene rings is 1. The van der Waals surface area contributed by atoms with Crippen LogP contribution in [0.15, 0.2) is 53.1 Å². The molecule has 5 heteroatoms. The van der Waals surface area contributed by atoms with Gasteiger partial charge in [-0.05, 0) is 24.6 Å². The van der Waals surface area contributed by atoms with Crippen molar-refractivity contribution in [3.05, 3.63) is 60.1 Å². The Morgan fingerprint density at radius 2 is 2.05 bits per heavy atom. The predicted octanol–water partition coefficient (Wildman–Crippen LogP) is 2.75. The SMILES string of the molecule is CC(SCc1ccccc1)C(=O)NC(CO)c1ccco1. The Morgan fingerprint density at radius 3 is 2.67 bits per heavy atom. The second-order valence-electron chi connectivity index (χ2n) is 4.70. The first-order valence-corrected chi connectivity index (χ1v) is 7.85. The molecule has 1 aromatic carbocycles. The molecule has 0 aliphatic rings. The van der Waals surface area contributed by atoms with Crippen LogP contribution >= 0.6 is 11.8 Å². The van der Waals surface area contributed by atoms with E-state index in [9.17, 15) is 9.90 Å². The molecule has 0 saturated carbocycles. The maximum atomic E-state index is 12.1. The Hall–Kier alpha value is -1.72. The first-order chi connectivity index (χ1) is 10.2. The minimum Gasteiger partial charge on any atom is -0.467 e. The zero-order chi connectivity index (χ0) is 15.1. The van der Waals surface area contributed by atoms with Crippen LogP contribution in [0.5, 0.6) is 0 Å². The van der Waals surface area contributed by atoms with Crippen LogP contribution in [-0.4, -0.2) is 22.9 Å². The van der Waals surface area contributed by atoms with Gasteiger partial charge in [0.1, 0.15) is 11.8 Å². The molecule has 1 aromatic heterocycles. The zero-order valence-electron chi connectivity index (χ0n) is 11.9. The summed E-state index contributed by atoms with van der Waals surface area (Å²) >= 11 is 1.56. The molecule has 0 aliphatic heterocycles. The summed E-state index contributed by atoms with van der Waals surface area (Å²) in [7, 11) is 0. The van der Waals surface area contributed by atoms with E-state index in [1.165, 1.54) is 11.8 Å². The molecular formula is C16H19NO3S. The molecule has 1 amide bonds. The van der Waals surface area contributed by atoms with Crippen LogP contribution < -0.4 is 5.32 Å². The van der Waals surface area contributed by atoms with Crippen LogP contribution in [0.2, 0.25) is 0 Å². The summed E-state index contributed by atoms with van der Waals surface area (Å²) in [6.45, 7) is 1.68. The van der Waals surface area contributed by atoms with Gasteiger partial charge >= 0.3 is 0 Å². The van der Waals surface area contributed by atoms with E-state index in [4.69, 9.17) is 4.42 Å². The van der Waals surface area contributed by atoms with Crippen molar-refractivity contribution in [2.75, 3.05) is 6.61 Å². The number of thioether (sulfide) groups is 1. The Labute approximate surface area is 128 Å². The van der Waals surface area contributed by atoms with E-state index in [1.54, 1.807) is 23.9 Å². The number of aliphatic hydroxyl groups is 1. The van der Waals surface area contributed by atoms with Gasteiger partial charge in [0.25, 0.3) is 0 Å². The summed E-state index contributed by atoms with van der Waals surface area (Å²) in [6.07, 6.45) is 1.53. The van der Waals surface area contributed by atoms with Gasteiger partial charge in [0, 0.05) is 5.75 Å². The third-order valence-electron chi connectivity index (χ3n) is 3.10. The van der Waals surface area contributed by atoms with Crippen LogP contribution in [0.3, 0.4) is 0 Å². The summed E-state index contributed by atoms with van der Waals surface area (Å²) in [5.74, 6) is 1.23. The Bertz CT molecular complexity index is 542. The summed E-state index contributed by atoms with van der Waals surface area (Å²) in [5, 5.41) is 12.0. The zero-order valence-corrected chi connectivity index (χ0v) is 12.7. The van der Waals surface area contributed by atoms with E-state index in [0.717, 1.165) is 5.75 Å². The second-order valence-corrected chi connectivity index (χ2v) is 6.03. The van der Waals surface area contributed by atoms with Crippen LogP contribution in [0, 0.1) is 0 Å². The van der Waals surface area contributed by atoms with Crippen LogP contribution in [-0.2, 0) is 10.5 Å². The fraction of sp³-hybridized carbons (Fsp3) is 0.312. The molecule has 112 valence electrons. The Balaban J connectivity index is 1.84. The highest BCUT2D eigenvalue weighted by molar-refractivity contribution is 7.99. The highest BCUT2D eigenvalue weighted by Crippen LogP contribution is 2.19. The Morgan fingerprint density at radius 1 is 1.29 bits per heavy atom. The summed E-state index contributed by atoms with van der Waals surface area (Å²) < 4.78 is 5.21. The van der Waals surface area contributed by atoms with Gasteiger partial charge in [-0.2, -0.15) is 0 Å². The lowest BCUT2D eigenvalue weighted by Gasteiger charge is -2.17. The number of hydrogen-bond donors (Lipinski definition) is 2. The highest BCUT2D eigenvalue weighted by Gasteiger charge is 2.20. The van der Waals surface area contributed by atoms with Crippen molar-refractivity contribution in [2.24, 2.45) is 0 Å². The van der Waals surface area contributed by atoms with Crippen molar-refractivity contribution in [3.63, 3.8) is 0 Å². The van der Waals surface area contributed by atoms with Crippen molar-refractivity contribution in [1.82, 2.24) is 5.32 Å². The van der Waals surface area contributed by atoms with E-state index >= 15 is 0 Å². The largest absolute Gasteiger partial charge is 0.467 e. The quantitative estimate of drug-likeness (QED) is 0.825. The minimum atomic E-state index is -0.493. The van der Waals surface area contributed by atoms with E-state index in [2.05, 4.69) is 5.32 Å².